The Labute approximate surface area is 515 Å². The van der Waals surface area contributed by atoms with Gasteiger partial charge in [0.05, 0.1) is 25.2 Å². The van der Waals surface area contributed by atoms with Gasteiger partial charge >= 0.3 is 11.9 Å². The van der Waals surface area contributed by atoms with E-state index >= 15 is 0 Å². The second kappa shape index (κ2) is 35.4. The Hall–Kier alpha value is -9.41. The molecule has 34 heteroatoms. The number of fused-ring (bicyclic) bond motifs is 1. The molecule has 1 fully saturated rings. The van der Waals surface area contributed by atoms with Gasteiger partial charge < -0.3 is 102 Å². The number of H-pyrrole nitrogens is 1. The second-order valence-electron chi connectivity index (χ2n) is 21.0. The number of carbonyl (C=O) groups excluding carboxylic acids is 11. The number of primary amides is 2. The molecular weight excluding hydrogens is 1190 g/mol. The number of carbonyl (C=O) groups is 13. The van der Waals surface area contributed by atoms with Crippen LogP contribution < -0.4 is 71.2 Å². The van der Waals surface area contributed by atoms with E-state index < -0.39 is 182 Å². The number of aliphatic imine (C=N–C) groups is 1. The van der Waals surface area contributed by atoms with Crippen molar-refractivity contribution in [3.63, 3.8) is 0 Å². The Bertz CT molecular complexity index is 3050. The van der Waals surface area contributed by atoms with Crippen LogP contribution in [0.1, 0.15) is 75.8 Å². The molecule has 4 rings (SSSR count). The van der Waals surface area contributed by atoms with Gasteiger partial charge in [0.25, 0.3) is 0 Å². The summed E-state index contributed by atoms with van der Waals surface area (Å²) < 4.78 is 0. The first-order valence-corrected chi connectivity index (χ1v) is 28.8. The van der Waals surface area contributed by atoms with Crippen LogP contribution in [0.15, 0.2) is 65.8 Å². The lowest BCUT2D eigenvalue weighted by atomic mass is 10.0. The number of nitrogens with one attached hydrogen (secondary N) is 9. The fraction of sp³-hybridized carbons (Fsp3) is 0.491. The third-order valence-corrected chi connectivity index (χ3v) is 14.5. The van der Waals surface area contributed by atoms with Crippen LogP contribution in [-0.4, -0.2) is 205 Å². The first kappa shape index (κ1) is 72.1. The van der Waals surface area contributed by atoms with Crippen LogP contribution in [0.25, 0.3) is 10.9 Å². The van der Waals surface area contributed by atoms with E-state index in [1.54, 1.807) is 60.8 Å². The highest BCUT2D eigenvalue weighted by Crippen LogP contribution is 2.22. The number of para-hydroxylation sites is 1. The van der Waals surface area contributed by atoms with Crippen LogP contribution in [0, 0.1) is 0 Å². The maximum absolute atomic E-state index is 14.6. The molecule has 33 nitrogen and oxygen atoms in total. The summed E-state index contributed by atoms with van der Waals surface area (Å²) in [5.41, 5.74) is 29.3. The van der Waals surface area contributed by atoms with Crippen LogP contribution in [0.5, 0.6) is 0 Å². The van der Waals surface area contributed by atoms with Crippen LogP contribution >= 0.6 is 12.6 Å². The normalized spacial score (nSPS) is 16.1. The molecule has 2 aromatic carbocycles. The smallest absolute Gasteiger partial charge is 0.328 e. The minimum atomic E-state index is -1.90. The third kappa shape index (κ3) is 23.0. The summed E-state index contributed by atoms with van der Waals surface area (Å²) in [6, 6.07) is -0.864. The number of aliphatic carboxylic acids is 2. The number of guanidine groups is 1. The lowest BCUT2D eigenvalue weighted by molar-refractivity contribution is -0.145. The molecule has 3 aromatic rings. The molecule has 0 spiro atoms. The zero-order valence-electron chi connectivity index (χ0n) is 48.6. The van der Waals surface area contributed by atoms with Gasteiger partial charge in [0.2, 0.25) is 65.0 Å². The number of aromatic nitrogens is 1. The first-order valence-electron chi connectivity index (χ1n) is 28.2. The summed E-state index contributed by atoms with van der Waals surface area (Å²) in [6.45, 7) is -0.272. The fourth-order valence-electron chi connectivity index (χ4n) is 9.38. The number of benzene rings is 2. The molecule has 2 heterocycles. The minimum absolute atomic E-state index is 0.00866. The SMILES string of the molecule is C[C@@H](O)[C@H](NC(=O)[C@H](CCCN=C(N)N)NC(=O)[C@H](CC(N)=O)NC(=O)[C@H](CO)NC(=O)[C@@H]1CCCN1C(=O)[C@H](CCC(N)=O)NC(=O)[C@H](Cc1ccccc1)NC(=O)[C@H](CCC(=O)O)NC(=O)[C@H](Cc1c[nH]c2ccccc12)NC(=O)[C@@H](N)CS)C(=O)O. The van der Waals surface area contributed by atoms with Gasteiger partial charge in [0.1, 0.15) is 48.3 Å². The highest BCUT2D eigenvalue weighted by molar-refractivity contribution is 7.80. The molecule has 0 aliphatic carbocycles. The number of nitrogens with two attached hydrogens (primary N) is 5. The quantitative estimate of drug-likeness (QED) is 0.0110. The molecule has 11 atom stereocenters. The van der Waals surface area contributed by atoms with E-state index in [-0.39, 0.29) is 63.3 Å². The number of carboxylic acids is 2. The number of carboxylic acid groups (broad SMARTS) is 2. The monoisotopic (exact) mass is 1270 g/mol. The number of aromatic amines is 1. The maximum Gasteiger partial charge on any atom is 0.328 e. The highest BCUT2D eigenvalue weighted by atomic mass is 32.1. The fourth-order valence-corrected chi connectivity index (χ4v) is 9.55. The van der Waals surface area contributed by atoms with E-state index in [0.29, 0.717) is 22.0 Å². The number of thiol groups is 1. The lowest BCUT2D eigenvalue weighted by Crippen LogP contribution is -2.61. The predicted molar refractivity (Wildman–Crippen MR) is 320 cm³/mol. The summed E-state index contributed by atoms with van der Waals surface area (Å²) in [6.07, 6.45) is -3.60. The average molecular weight is 1270 g/mol. The van der Waals surface area contributed by atoms with Crippen molar-refractivity contribution in [2.24, 2.45) is 33.7 Å². The van der Waals surface area contributed by atoms with Crippen LogP contribution in [0.2, 0.25) is 0 Å². The zero-order chi connectivity index (χ0) is 66.1. The van der Waals surface area contributed by atoms with Crippen molar-refractivity contribution < 1.29 is 82.8 Å². The molecule has 89 heavy (non-hydrogen) atoms. The summed E-state index contributed by atoms with van der Waals surface area (Å²) in [5.74, 6) is -14.8. The minimum Gasteiger partial charge on any atom is -0.481 e. The number of nitrogens with zero attached hydrogens (tertiary/aromatic N) is 2. The van der Waals surface area contributed by atoms with Gasteiger partial charge in [0.15, 0.2) is 12.0 Å². The van der Waals surface area contributed by atoms with E-state index in [4.69, 9.17) is 28.7 Å². The van der Waals surface area contributed by atoms with Crippen LogP contribution in [-0.2, 0) is 75.2 Å². The van der Waals surface area contributed by atoms with E-state index in [1.807, 2.05) is 0 Å². The summed E-state index contributed by atoms with van der Waals surface area (Å²) in [4.78, 5) is 182. The molecule has 1 aromatic heterocycles. The zero-order valence-corrected chi connectivity index (χ0v) is 49.4. The van der Waals surface area contributed by atoms with Gasteiger partial charge in [0, 0.05) is 61.6 Å². The van der Waals surface area contributed by atoms with Gasteiger partial charge in [-0.3, -0.25) is 62.5 Å². The van der Waals surface area contributed by atoms with Gasteiger partial charge in [-0.2, -0.15) is 12.6 Å². The number of aliphatic hydroxyl groups excluding tert-OH is 2. The van der Waals surface area contributed by atoms with E-state index in [1.165, 1.54) is 0 Å². The molecule has 0 bridgehead atoms. The van der Waals surface area contributed by atoms with E-state index in [9.17, 15) is 82.8 Å². The van der Waals surface area contributed by atoms with Crippen molar-refractivity contribution in [1.82, 2.24) is 52.4 Å². The Morgan fingerprint density at radius 3 is 1.79 bits per heavy atom. The van der Waals surface area contributed by atoms with Gasteiger partial charge in [-0.15, -0.1) is 0 Å². The largest absolute Gasteiger partial charge is 0.481 e. The van der Waals surface area contributed by atoms with Gasteiger partial charge in [-0.25, -0.2) is 4.79 Å². The topological polar surface area (TPSA) is 561 Å². The summed E-state index contributed by atoms with van der Waals surface area (Å²) >= 11 is 4.08. The Morgan fingerprint density at radius 2 is 1.19 bits per heavy atom. The second-order valence-corrected chi connectivity index (χ2v) is 21.3. The molecule has 1 saturated heterocycles. The molecule has 0 saturated carbocycles. The molecule has 23 N–H and O–H groups in total. The van der Waals surface area contributed by atoms with E-state index in [0.717, 1.165) is 11.8 Å². The lowest BCUT2D eigenvalue weighted by Gasteiger charge is -2.31. The Morgan fingerprint density at radius 1 is 0.652 bits per heavy atom. The maximum atomic E-state index is 14.6. The van der Waals surface area contributed by atoms with Crippen LogP contribution in [0.3, 0.4) is 0 Å². The Kier molecular flexibility index (Phi) is 28.7. The molecule has 1 aliphatic heterocycles. The molecule has 0 radical (unpaired) electrons. The number of aliphatic hydroxyl groups is 2. The molecular formula is C55H78N16O17S. The van der Waals surface area contributed by atoms with Crippen molar-refractivity contribution in [1.29, 1.82) is 0 Å². The molecule has 486 valence electrons. The van der Waals surface area contributed by atoms with Crippen molar-refractivity contribution in [3.05, 3.63) is 71.9 Å². The van der Waals surface area contributed by atoms with Crippen molar-refractivity contribution in [3.8, 4) is 0 Å². The first-order chi connectivity index (χ1) is 42.1. The van der Waals surface area contributed by atoms with Crippen LogP contribution in [0.4, 0.5) is 0 Å². The number of likely N-dealkylation sites (tertiary alicyclic amines) is 1. The number of rotatable bonds is 37. The molecule has 1 aliphatic rings. The molecule has 11 amide bonds. The average Bonchev–Trinajstić information content (AvgIpc) is 2.06. The summed E-state index contributed by atoms with van der Waals surface area (Å²) in [5, 5.41) is 59.3. The van der Waals surface area contributed by atoms with Crippen molar-refractivity contribution >= 4 is 106 Å². The number of amides is 11. The highest BCUT2D eigenvalue weighted by Gasteiger charge is 2.41. The predicted octanol–water partition coefficient (Wildman–Crippen LogP) is -6.40. The Balaban J connectivity index is 1.58. The van der Waals surface area contributed by atoms with E-state index in [2.05, 4.69) is 65.1 Å². The number of hydrogen-bond acceptors (Lipinski definition) is 18. The molecule has 0 unspecified atom stereocenters. The summed E-state index contributed by atoms with van der Waals surface area (Å²) in [7, 11) is 0. The van der Waals surface area contributed by atoms with Crippen molar-refractivity contribution in [2.45, 2.75) is 144 Å². The van der Waals surface area contributed by atoms with Crippen molar-refractivity contribution in [2.75, 3.05) is 25.4 Å². The number of hydrogen-bond donors (Lipinski definition) is 19. The standard InChI is InChI=1S/C55H78N16O17S/c1-27(73)44(54(87)88)70-47(80)33(13-7-19-61-55(59)60)63-50(83)38(23-42(58)75)68-51(84)39(25-72)69-52(85)40-14-8-20-71(40)53(86)35(15-17-41(57)74)65-48(81)36(21-28-9-3-2-4-10-28)67-46(79)34(16-18-43(76)77)64-49(82)37(66-45(78)31(56)26-89)22-29-24-62-32-12-6-5-11-30(29)32/h2-6,9-12,24,27,31,33-40,44,62,72-73,89H,7-8,13-23,25-26,56H2,1H3,(H2,57,74)(H2,58,75)(H,63,83)(H,64,82)(H,65,81)(H,66,78)(H,67,79)(H,68,84)(H,69,85)(H,70,80)(H,76,77)(H,87,88)(H4,59,60,61)/t27-,31+,33+,34+,35+,36+,37+,38+,39+,40+,44+/m1/s1. The van der Waals surface area contributed by atoms with Gasteiger partial charge in [-0.1, -0.05) is 48.5 Å². The van der Waals surface area contributed by atoms with Gasteiger partial charge in [-0.05, 0) is 62.6 Å². The third-order valence-electron chi connectivity index (χ3n) is 14.1.